The maximum absolute atomic E-state index is 12.0. The van der Waals surface area contributed by atoms with Crippen molar-refractivity contribution in [1.82, 2.24) is 10.9 Å². The van der Waals surface area contributed by atoms with Crippen LogP contribution in [0.15, 0.2) is 54.2 Å². The Morgan fingerprint density at radius 3 is 2.65 bits per heavy atom. The Kier molecular flexibility index (Phi) is 6.57. The Hall–Kier alpha value is -3.53. The molecule has 2 aromatic rings. The van der Waals surface area contributed by atoms with Crippen molar-refractivity contribution in [2.75, 3.05) is 6.61 Å². The molecule has 0 spiro atoms. The highest BCUT2D eigenvalue weighted by Gasteiger charge is 2.15. The number of nitrogens with one attached hydrogen (secondary N) is 2. The second-order valence-electron chi connectivity index (χ2n) is 5.29. The van der Waals surface area contributed by atoms with E-state index in [2.05, 4.69) is 10.9 Å². The Morgan fingerprint density at radius 2 is 1.96 bits per heavy atom. The van der Waals surface area contributed by atoms with Crippen molar-refractivity contribution in [2.24, 2.45) is 0 Å². The van der Waals surface area contributed by atoms with Crippen molar-refractivity contribution in [3.63, 3.8) is 0 Å². The van der Waals surface area contributed by atoms with Crippen LogP contribution in [-0.2, 0) is 14.3 Å². The van der Waals surface area contributed by atoms with Gasteiger partial charge in [0.2, 0.25) is 0 Å². The molecule has 0 fully saturated rings. The van der Waals surface area contributed by atoms with Crippen LogP contribution in [0.5, 0.6) is 5.75 Å². The van der Waals surface area contributed by atoms with Crippen LogP contribution in [0.3, 0.4) is 0 Å². The molecule has 0 radical (unpaired) electrons. The van der Waals surface area contributed by atoms with Gasteiger partial charge in [-0.05, 0) is 36.8 Å². The summed E-state index contributed by atoms with van der Waals surface area (Å²) in [4.78, 5) is 23.5. The van der Waals surface area contributed by atoms with Gasteiger partial charge in [0.15, 0.2) is 11.7 Å². The summed E-state index contributed by atoms with van der Waals surface area (Å²) in [7, 11) is 0. The van der Waals surface area contributed by atoms with Crippen LogP contribution < -0.4 is 15.6 Å². The van der Waals surface area contributed by atoms with Crippen molar-refractivity contribution in [3.05, 3.63) is 54.2 Å². The summed E-state index contributed by atoms with van der Waals surface area (Å²) in [6.07, 6.45) is 0.281. The molecule has 7 heteroatoms. The van der Waals surface area contributed by atoms with Crippen molar-refractivity contribution in [2.45, 2.75) is 20.0 Å². The van der Waals surface area contributed by atoms with Gasteiger partial charge in [-0.15, -0.1) is 0 Å². The lowest BCUT2D eigenvalue weighted by Crippen LogP contribution is -2.42. The Balaban J connectivity index is 1.92. The fourth-order valence-electron chi connectivity index (χ4n) is 2.13. The first-order valence-corrected chi connectivity index (χ1v) is 8.03. The van der Waals surface area contributed by atoms with Crippen molar-refractivity contribution in [3.8, 4) is 11.8 Å². The van der Waals surface area contributed by atoms with Crippen LogP contribution in [-0.4, -0.2) is 24.6 Å². The number of benzene rings is 2. The summed E-state index contributed by atoms with van der Waals surface area (Å²) in [6, 6.07) is 15.1. The summed E-state index contributed by atoms with van der Waals surface area (Å²) in [5.74, 6) is -0.668. The fourth-order valence-corrected chi connectivity index (χ4v) is 2.13. The van der Waals surface area contributed by atoms with E-state index in [1.807, 2.05) is 36.4 Å². The Labute approximate surface area is 151 Å². The lowest BCUT2D eigenvalue weighted by molar-refractivity contribution is -0.138. The number of hydrogen-bond donors (Lipinski definition) is 2. The molecule has 0 aliphatic carbocycles. The quantitative estimate of drug-likeness (QED) is 0.343. The number of hydrazine groups is 1. The summed E-state index contributed by atoms with van der Waals surface area (Å²) in [5, 5.41) is 11.0. The summed E-state index contributed by atoms with van der Waals surface area (Å²) >= 11 is 0. The van der Waals surface area contributed by atoms with Gasteiger partial charge in [0.1, 0.15) is 11.8 Å². The number of amides is 1. The normalized spacial score (nSPS) is 12.0. The number of rotatable bonds is 7. The summed E-state index contributed by atoms with van der Waals surface area (Å²) < 4.78 is 10.3. The van der Waals surface area contributed by atoms with Gasteiger partial charge >= 0.3 is 5.97 Å². The highest BCUT2D eigenvalue weighted by atomic mass is 16.5. The topological polar surface area (TPSA) is 100 Å². The molecule has 0 saturated heterocycles. The van der Waals surface area contributed by atoms with E-state index in [1.54, 1.807) is 26.0 Å². The maximum Gasteiger partial charge on any atom is 0.350 e. The van der Waals surface area contributed by atoms with Crippen LogP contribution in [0.25, 0.3) is 10.8 Å². The first-order chi connectivity index (χ1) is 12.5. The number of nitriles is 1. The second kappa shape index (κ2) is 9.08. The van der Waals surface area contributed by atoms with Crippen LogP contribution in [0.4, 0.5) is 0 Å². The molecular formula is C19H19N3O4. The molecule has 134 valence electrons. The number of carbonyl (C=O) groups excluding carboxylic acids is 2. The molecule has 0 bridgehead atoms. The number of hydrogen-bond acceptors (Lipinski definition) is 6. The highest BCUT2D eigenvalue weighted by Crippen LogP contribution is 2.21. The van der Waals surface area contributed by atoms with E-state index in [0.717, 1.165) is 17.0 Å². The molecule has 0 heterocycles. The molecule has 1 amide bonds. The lowest BCUT2D eigenvalue weighted by atomic mass is 10.1. The zero-order chi connectivity index (χ0) is 18.9. The predicted molar refractivity (Wildman–Crippen MR) is 95.6 cm³/mol. The summed E-state index contributed by atoms with van der Waals surface area (Å²) in [5.41, 5.74) is 4.50. The molecule has 26 heavy (non-hydrogen) atoms. The molecule has 0 aliphatic heterocycles. The third-order valence-corrected chi connectivity index (χ3v) is 3.43. The Morgan fingerprint density at radius 1 is 1.23 bits per heavy atom. The second-order valence-corrected chi connectivity index (χ2v) is 5.29. The van der Waals surface area contributed by atoms with E-state index in [0.29, 0.717) is 5.75 Å². The van der Waals surface area contributed by atoms with Gasteiger partial charge in [0, 0.05) is 6.20 Å². The van der Waals surface area contributed by atoms with E-state index in [9.17, 15) is 9.59 Å². The van der Waals surface area contributed by atoms with Crippen molar-refractivity contribution in [1.29, 1.82) is 5.26 Å². The minimum Gasteiger partial charge on any atom is -0.481 e. The smallest absolute Gasteiger partial charge is 0.350 e. The van der Waals surface area contributed by atoms with Crippen LogP contribution >= 0.6 is 0 Å². The standard InChI is InChI=1S/C19H19N3O4/c1-3-25-19(24)16(11-20)12-21-22-18(23)13(2)26-17-9-8-14-6-4-5-7-15(14)10-17/h4-10,12-13,21H,3H2,1-2H3,(H,22,23)/b16-12+/t13-/m0/s1. The third kappa shape index (κ3) is 4.98. The third-order valence-electron chi connectivity index (χ3n) is 3.43. The lowest BCUT2D eigenvalue weighted by Gasteiger charge is -2.15. The van der Waals surface area contributed by atoms with Crippen LogP contribution in [0, 0.1) is 11.3 Å². The average Bonchev–Trinajstić information content (AvgIpc) is 2.65. The monoisotopic (exact) mass is 353 g/mol. The predicted octanol–water partition coefficient (Wildman–Crippen LogP) is 2.20. The van der Waals surface area contributed by atoms with Gasteiger partial charge in [0.25, 0.3) is 5.91 Å². The molecule has 0 saturated carbocycles. The van der Waals surface area contributed by atoms with Gasteiger partial charge in [-0.25, -0.2) is 4.79 Å². The molecular weight excluding hydrogens is 334 g/mol. The first-order valence-electron chi connectivity index (χ1n) is 8.03. The van der Waals surface area contributed by atoms with Gasteiger partial charge in [-0.1, -0.05) is 30.3 Å². The molecule has 0 aromatic heterocycles. The number of fused-ring (bicyclic) bond motifs is 1. The van der Waals surface area contributed by atoms with E-state index in [1.165, 1.54) is 0 Å². The molecule has 2 aromatic carbocycles. The first kappa shape index (κ1) is 18.8. The molecule has 2 rings (SSSR count). The minimum absolute atomic E-state index is 0.154. The molecule has 0 aliphatic rings. The molecule has 2 N–H and O–H groups in total. The van der Waals surface area contributed by atoms with E-state index >= 15 is 0 Å². The molecule has 0 unspecified atom stereocenters. The maximum atomic E-state index is 12.0. The zero-order valence-electron chi connectivity index (χ0n) is 14.5. The SMILES string of the molecule is CCOC(=O)/C(C#N)=C/NNC(=O)[C@H](C)Oc1ccc2ccccc2c1. The van der Waals surface area contributed by atoms with Gasteiger partial charge < -0.3 is 14.9 Å². The van der Waals surface area contributed by atoms with Gasteiger partial charge in [-0.3, -0.25) is 10.2 Å². The number of nitrogens with zero attached hydrogens (tertiary/aromatic N) is 1. The number of carbonyl (C=O) groups is 2. The number of ether oxygens (including phenoxy) is 2. The van der Waals surface area contributed by atoms with Gasteiger partial charge in [-0.2, -0.15) is 5.26 Å². The van der Waals surface area contributed by atoms with Crippen molar-refractivity contribution >= 4 is 22.6 Å². The molecule has 1 atom stereocenters. The van der Waals surface area contributed by atoms with Gasteiger partial charge in [0.05, 0.1) is 6.61 Å². The van der Waals surface area contributed by atoms with E-state index in [-0.39, 0.29) is 12.2 Å². The van der Waals surface area contributed by atoms with E-state index in [4.69, 9.17) is 14.7 Å². The Bertz CT molecular complexity index is 870. The largest absolute Gasteiger partial charge is 0.481 e. The average molecular weight is 353 g/mol. The molecule has 7 nitrogen and oxygen atoms in total. The zero-order valence-corrected chi connectivity index (χ0v) is 14.5. The van der Waals surface area contributed by atoms with Crippen molar-refractivity contribution < 1.29 is 19.1 Å². The highest BCUT2D eigenvalue weighted by molar-refractivity contribution is 5.92. The van der Waals surface area contributed by atoms with Crippen LogP contribution in [0.1, 0.15) is 13.8 Å². The fraction of sp³-hybridized carbons (Fsp3) is 0.211. The summed E-state index contributed by atoms with van der Waals surface area (Å²) in [6.45, 7) is 3.38. The number of esters is 1. The minimum atomic E-state index is -0.787. The van der Waals surface area contributed by atoms with E-state index < -0.39 is 18.0 Å². The van der Waals surface area contributed by atoms with Crippen LogP contribution in [0.2, 0.25) is 0 Å².